The molecule has 0 saturated carbocycles. The normalized spacial score (nSPS) is 18.3. The Bertz CT molecular complexity index is 649. The van der Waals surface area contributed by atoms with E-state index in [1.165, 1.54) is 0 Å². The van der Waals surface area contributed by atoms with Crippen LogP contribution >= 0.6 is 11.6 Å². The lowest BCUT2D eigenvalue weighted by molar-refractivity contribution is 0.274. The van der Waals surface area contributed by atoms with Crippen LogP contribution < -0.4 is 0 Å². The zero-order valence-electron chi connectivity index (χ0n) is 10.7. The van der Waals surface area contributed by atoms with E-state index in [9.17, 15) is 0 Å². The third kappa shape index (κ3) is 2.36. The molecule has 1 aromatic heterocycles. The molecule has 0 radical (unpaired) electrons. The van der Waals surface area contributed by atoms with Gasteiger partial charge in [0.05, 0.1) is 6.61 Å². The van der Waals surface area contributed by atoms with E-state index < -0.39 is 0 Å². The molecular formula is C14H13ClN2O2. The van der Waals surface area contributed by atoms with Gasteiger partial charge in [0.2, 0.25) is 5.82 Å². The van der Waals surface area contributed by atoms with E-state index >= 15 is 0 Å². The van der Waals surface area contributed by atoms with Crippen LogP contribution in [0.3, 0.4) is 0 Å². The van der Waals surface area contributed by atoms with E-state index in [-0.39, 0.29) is 0 Å². The molecule has 1 aromatic carbocycles. The van der Waals surface area contributed by atoms with Crippen molar-refractivity contribution in [2.75, 3.05) is 6.61 Å². The summed E-state index contributed by atoms with van der Waals surface area (Å²) in [4.78, 5) is 4.37. The molecule has 0 spiro atoms. The monoisotopic (exact) mass is 276 g/mol. The summed E-state index contributed by atoms with van der Waals surface area (Å²) in [7, 11) is 0. The Kier molecular flexibility index (Phi) is 3.03. The molecule has 2 aromatic rings. The van der Waals surface area contributed by atoms with Crippen molar-refractivity contribution < 1.29 is 9.26 Å². The molecular weight excluding hydrogens is 264 g/mol. The molecule has 1 aliphatic heterocycles. The highest BCUT2D eigenvalue weighted by molar-refractivity contribution is 6.30. The molecule has 0 bridgehead atoms. The van der Waals surface area contributed by atoms with Gasteiger partial charge in [-0.25, -0.2) is 0 Å². The highest BCUT2D eigenvalue weighted by Crippen LogP contribution is 2.28. The number of hydrogen-bond acceptors (Lipinski definition) is 4. The van der Waals surface area contributed by atoms with Gasteiger partial charge in [0.15, 0.2) is 5.76 Å². The zero-order valence-corrected chi connectivity index (χ0v) is 11.4. The van der Waals surface area contributed by atoms with Crippen molar-refractivity contribution in [2.45, 2.75) is 13.8 Å². The Labute approximate surface area is 116 Å². The van der Waals surface area contributed by atoms with E-state index in [1.807, 2.05) is 25.1 Å². The van der Waals surface area contributed by atoms with E-state index in [2.05, 4.69) is 17.1 Å². The average molecular weight is 277 g/mol. The number of aryl methyl sites for hydroxylation is 1. The second kappa shape index (κ2) is 4.70. The molecule has 3 rings (SSSR count). The van der Waals surface area contributed by atoms with Crippen LogP contribution in [-0.2, 0) is 4.74 Å². The first-order valence-electron chi connectivity index (χ1n) is 6.08. The highest BCUT2D eigenvalue weighted by atomic mass is 35.5. The smallest absolute Gasteiger partial charge is 0.258 e. The summed E-state index contributed by atoms with van der Waals surface area (Å²) in [6.07, 6.45) is 2.00. The summed E-state index contributed by atoms with van der Waals surface area (Å²) in [5, 5.41) is 4.65. The fourth-order valence-corrected chi connectivity index (χ4v) is 2.24. The topological polar surface area (TPSA) is 48.2 Å². The minimum absolute atomic E-state index is 0.384. The van der Waals surface area contributed by atoms with Gasteiger partial charge in [-0.3, -0.25) is 0 Å². The van der Waals surface area contributed by atoms with Crippen molar-refractivity contribution >= 4 is 17.4 Å². The minimum Gasteiger partial charge on any atom is -0.489 e. The van der Waals surface area contributed by atoms with E-state index in [0.29, 0.717) is 35.0 Å². The van der Waals surface area contributed by atoms with E-state index in [0.717, 1.165) is 11.1 Å². The molecule has 1 unspecified atom stereocenters. The van der Waals surface area contributed by atoms with Gasteiger partial charge in [-0.05, 0) is 36.8 Å². The van der Waals surface area contributed by atoms with Gasteiger partial charge in [-0.1, -0.05) is 23.7 Å². The fraction of sp³-hybridized carbons (Fsp3) is 0.286. The fourth-order valence-electron chi connectivity index (χ4n) is 2.01. The van der Waals surface area contributed by atoms with Crippen LogP contribution in [0.4, 0.5) is 0 Å². The van der Waals surface area contributed by atoms with Crippen molar-refractivity contribution in [3.05, 3.63) is 40.7 Å². The van der Waals surface area contributed by atoms with Gasteiger partial charge >= 0.3 is 0 Å². The van der Waals surface area contributed by atoms with Crippen molar-refractivity contribution in [3.63, 3.8) is 0 Å². The SMILES string of the molecule is Cc1cc(Cl)ccc1-c1nc(C2=CC(C)CO2)no1. The molecule has 1 atom stereocenters. The van der Waals surface area contributed by atoms with Gasteiger partial charge in [-0.15, -0.1) is 0 Å². The van der Waals surface area contributed by atoms with Crippen LogP contribution in [0.25, 0.3) is 17.2 Å². The first kappa shape index (κ1) is 12.2. The first-order valence-corrected chi connectivity index (χ1v) is 6.46. The Balaban J connectivity index is 1.95. The molecule has 0 fully saturated rings. The quantitative estimate of drug-likeness (QED) is 0.839. The van der Waals surface area contributed by atoms with Gasteiger partial charge < -0.3 is 9.26 Å². The molecule has 98 valence electrons. The number of rotatable bonds is 2. The highest BCUT2D eigenvalue weighted by Gasteiger charge is 2.20. The Morgan fingerprint density at radius 2 is 2.21 bits per heavy atom. The van der Waals surface area contributed by atoms with Crippen LogP contribution in [0.15, 0.2) is 28.8 Å². The number of nitrogens with zero attached hydrogens (tertiary/aromatic N) is 2. The van der Waals surface area contributed by atoms with Crippen LogP contribution in [0.1, 0.15) is 18.3 Å². The molecule has 0 amide bonds. The Morgan fingerprint density at radius 1 is 1.37 bits per heavy atom. The summed E-state index contributed by atoms with van der Waals surface area (Å²) in [5.74, 6) is 2.05. The van der Waals surface area contributed by atoms with E-state index in [1.54, 1.807) is 6.07 Å². The molecule has 0 saturated heterocycles. The van der Waals surface area contributed by atoms with Crippen molar-refractivity contribution in [1.29, 1.82) is 0 Å². The van der Waals surface area contributed by atoms with Crippen LogP contribution in [0.2, 0.25) is 5.02 Å². The first-order chi connectivity index (χ1) is 9.13. The van der Waals surface area contributed by atoms with Crippen molar-refractivity contribution in [2.24, 2.45) is 5.92 Å². The number of hydrogen-bond donors (Lipinski definition) is 0. The predicted molar refractivity (Wildman–Crippen MR) is 72.6 cm³/mol. The number of ether oxygens (including phenoxy) is 1. The van der Waals surface area contributed by atoms with Crippen LogP contribution in [-0.4, -0.2) is 16.7 Å². The zero-order chi connectivity index (χ0) is 13.4. The van der Waals surface area contributed by atoms with Crippen LogP contribution in [0, 0.1) is 12.8 Å². The predicted octanol–water partition coefficient (Wildman–Crippen LogP) is 3.71. The molecule has 0 aliphatic carbocycles. The molecule has 1 aliphatic rings. The largest absolute Gasteiger partial charge is 0.489 e. The van der Waals surface area contributed by atoms with Crippen LogP contribution in [0.5, 0.6) is 0 Å². The maximum atomic E-state index is 5.93. The van der Waals surface area contributed by atoms with E-state index in [4.69, 9.17) is 20.9 Å². The lowest BCUT2D eigenvalue weighted by atomic mass is 10.1. The maximum absolute atomic E-state index is 5.93. The van der Waals surface area contributed by atoms with Crippen molar-refractivity contribution in [1.82, 2.24) is 10.1 Å². The third-order valence-corrected chi connectivity index (χ3v) is 3.24. The lowest BCUT2D eigenvalue weighted by Gasteiger charge is -2.00. The summed E-state index contributed by atoms with van der Waals surface area (Å²) in [6, 6.07) is 5.55. The van der Waals surface area contributed by atoms with Gasteiger partial charge in [-0.2, -0.15) is 4.98 Å². The summed E-state index contributed by atoms with van der Waals surface area (Å²) in [6.45, 7) is 4.70. The Morgan fingerprint density at radius 3 is 2.89 bits per heavy atom. The standard InChI is InChI=1S/C14H13ClN2O2/c1-8-5-12(18-7-8)13-16-14(19-17-13)11-4-3-10(15)6-9(11)2/h3-6,8H,7H2,1-2H3. The molecule has 2 heterocycles. The van der Waals surface area contributed by atoms with Gasteiger partial charge in [0.25, 0.3) is 5.89 Å². The molecule has 0 N–H and O–H groups in total. The second-order valence-corrected chi connectivity index (χ2v) is 5.14. The average Bonchev–Trinajstić information content (AvgIpc) is 2.97. The lowest BCUT2D eigenvalue weighted by Crippen LogP contribution is -1.91. The third-order valence-electron chi connectivity index (χ3n) is 3.00. The maximum Gasteiger partial charge on any atom is 0.258 e. The van der Waals surface area contributed by atoms with Gasteiger partial charge in [0.1, 0.15) is 0 Å². The summed E-state index contributed by atoms with van der Waals surface area (Å²) in [5.41, 5.74) is 1.88. The van der Waals surface area contributed by atoms with Crippen molar-refractivity contribution in [3.8, 4) is 11.5 Å². The number of benzene rings is 1. The van der Waals surface area contributed by atoms with Gasteiger partial charge in [0, 0.05) is 16.5 Å². The number of aromatic nitrogens is 2. The minimum atomic E-state index is 0.384. The summed E-state index contributed by atoms with van der Waals surface area (Å²) < 4.78 is 10.8. The molecule has 4 nitrogen and oxygen atoms in total. The summed E-state index contributed by atoms with van der Waals surface area (Å²) >= 11 is 5.93. The Hall–Kier alpha value is -1.81. The number of halogens is 1. The molecule has 5 heteroatoms. The second-order valence-electron chi connectivity index (χ2n) is 4.70. The molecule has 19 heavy (non-hydrogen) atoms.